The number of hydrogen-bond donors (Lipinski definition) is 1. The van der Waals surface area contributed by atoms with Crippen LogP contribution in [0, 0.1) is 13.8 Å². The van der Waals surface area contributed by atoms with Crippen molar-refractivity contribution < 1.29 is 0 Å². The van der Waals surface area contributed by atoms with E-state index in [2.05, 4.69) is 46.9 Å². The van der Waals surface area contributed by atoms with Crippen molar-refractivity contribution in [1.29, 1.82) is 0 Å². The number of nitrogens with zero attached hydrogens (tertiary/aromatic N) is 2. The first-order valence-electron chi connectivity index (χ1n) is 6.79. The lowest BCUT2D eigenvalue weighted by Crippen LogP contribution is -2.31. The standard InChI is InChI=1S/C16H23N3/c1-12-5-6-14(9-13(12)2)10-15(17-3)11-16-18-7-8-19(16)4/h5-9,15,17H,10-11H2,1-4H3. The molecule has 0 aliphatic heterocycles. The maximum atomic E-state index is 4.40. The Balaban J connectivity index is 2.06. The van der Waals surface area contributed by atoms with Crippen LogP contribution in [0.1, 0.15) is 22.5 Å². The summed E-state index contributed by atoms with van der Waals surface area (Å²) in [6, 6.07) is 7.14. The summed E-state index contributed by atoms with van der Waals surface area (Å²) in [5, 5.41) is 3.40. The highest BCUT2D eigenvalue weighted by Gasteiger charge is 2.11. The number of likely N-dealkylation sites (N-methyl/N-ethyl adjacent to an activating group) is 1. The summed E-state index contributed by atoms with van der Waals surface area (Å²) in [6.45, 7) is 4.33. The number of hydrogen-bond acceptors (Lipinski definition) is 2. The van der Waals surface area contributed by atoms with Gasteiger partial charge in [-0.25, -0.2) is 4.98 Å². The first kappa shape index (κ1) is 13.8. The monoisotopic (exact) mass is 257 g/mol. The van der Waals surface area contributed by atoms with Crippen LogP contribution in [0.2, 0.25) is 0 Å². The van der Waals surface area contributed by atoms with Gasteiger partial charge in [0.15, 0.2) is 0 Å². The third-order valence-electron chi connectivity index (χ3n) is 3.81. The fourth-order valence-electron chi connectivity index (χ4n) is 2.30. The van der Waals surface area contributed by atoms with E-state index in [1.54, 1.807) is 0 Å². The van der Waals surface area contributed by atoms with E-state index in [1.807, 2.05) is 26.5 Å². The zero-order chi connectivity index (χ0) is 13.8. The van der Waals surface area contributed by atoms with Crippen molar-refractivity contribution in [1.82, 2.24) is 14.9 Å². The minimum Gasteiger partial charge on any atom is -0.338 e. The highest BCUT2D eigenvalue weighted by atomic mass is 15.0. The van der Waals surface area contributed by atoms with Crippen molar-refractivity contribution >= 4 is 0 Å². The van der Waals surface area contributed by atoms with Crippen LogP contribution in [0.4, 0.5) is 0 Å². The molecule has 1 unspecified atom stereocenters. The number of benzene rings is 1. The van der Waals surface area contributed by atoms with Crippen molar-refractivity contribution in [3.63, 3.8) is 0 Å². The predicted molar refractivity (Wildman–Crippen MR) is 79.4 cm³/mol. The second-order valence-electron chi connectivity index (χ2n) is 5.27. The van der Waals surface area contributed by atoms with E-state index in [-0.39, 0.29) is 0 Å². The number of aromatic nitrogens is 2. The van der Waals surface area contributed by atoms with Crippen LogP contribution in [0.3, 0.4) is 0 Å². The molecular formula is C16H23N3. The molecule has 0 amide bonds. The molecule has 0 spiro atoms. The van der Waals surface area contributed by atoms with Gasteiger partial charge in [-0.3, -0.25) is 0 Å². The molecule has 0 bridgehead atoms. The summed E-state index contributed by atoms with van der Waals surface area (Å²) in [7, 11) is 4.07. The number of nitrogens with one attached hydrogen (secondary N) is 1. The fraction of sp³-hybridized carbons (Fsp3) is 0.438. The molecule has 1 heterocycles. The second-order valence-corrected chi connectivity index (χ2v) is 5.27. The largest absolute Gasteiger partial charge is 0.338 e. The molecule has 3 heteroatoms. The molecule has 1 aromatic carbocycles. The van der Waals surface area contributed by atoms with Gasteiger partial charge in [0.05, 0.1) is 0 Å². The molecule has 1 atom stereocenters. The average Bonchev–Trinajstić information content (AvgIpc) is 2.78. The molecule has 2 rings (SSSR count). The molecule has 19 heavy (non-hydrogen) atoms. The summed E-state index contributed by atoms with van der Waals surface area (Å²) in [6.07, 6.45) is 5.84. The molecule has 3 nitrogen and oxygen atoms in total. The van der Waals surface area contributed by atoms with Gasteiger partial charge in [-0.05, 0) is 44.0 Å². The molecule has 2 aromatic rings. The average molecular weight is 257 g/mol. The van der Waals surface area contributed by atoms with Gasteiger partial charge in [-0.15, -0.1) is 0 Å². The Morgan fingerprint density at radius 2 is 2.00 bits per heavy atom. The van der Waals surface area contributed by atoms with E-state index in [0.717, 1.165) is 18.7 Å². The maximum Gasteiger partial charge on any atom is 0.109 e. The van der Waals surface area contributed by atoms with Gasteiger partial charge in [0.2, 0.25) is 0 Å². The van der Waals surface area contributed by atoms with Crippen LogP contribution < -0.4 is 5.32 Å². The first-order valence-corrected chi connectivity index (χ1v) is 6.79. The lowest BCUT2D eigenvalue weighted by atomic mass is 9.99. The van der Waals surface area contributed by atoms with Crippen molar-refractivity contribution in [2.24, 2.45) is 7.05 Å². The molecule has 0 radical (unpaired) electrons. The lowest BCUT2D eigenvalue weighted by Gasteiger charge is -2.16. The van der Waals surface area contributed by atoms with Crippen molar-refractivity contribution in [3.05, 3.63) is 53.1 Å². The zero-order valence-electron chi connectivity index (χ0n) is 12.3. The Morgan fingerprint density at radius 1 is 1.21 bits per heavy atom. The lowest BCUT2D eigenvalue weighted by molar-refractivity contribution is 0.534. The van der Waals surface area contributed by atoms with E-state index in [4.69, 9.17) is 0 Å². The van der Waals surface area contributed by atoms with Gasteiger partial charge in [0.25, 0.3) is 0 Å². The van der Waals surface area contributed by atoms with Gasteiger partial charge < -0.3 is 9.88 Å². The highest BCUT2D eigenvalue weighted by molar-refractivity contribution is 5.30. The normalized spacial score (nSPS) is 12.6. The Bertz CT molecular complexity index is 543. The van der Waals surface area contributed by atoms with Crippen LogP contribution in [-0.4, -0.2) is 22.6 Å². The van der Waals surface area contributed by atoms with E-state index in [1.165, 1.54) is 16.7 Å². The van der Waals surface area contributed by atoms with Gasteiger partial charge in [-0.1, -0.05) is 18.2 Å². The van der Waals surface area contributed by atoms with Crippen LogP contribution in [-0.2, 0) is 19.9 Å². The third-order valence-corrected chi connectivity index (χ3v) is 3.81. The van der Waals surface area contributed by atoms with Crippen LogP contribution in [0.25, 0.3) is 0 Å². The van der Waals surface area contributed by atoms with Gasteiger partial charge in [0.1, 0.15) is 5.82 Å². The molecule has 0 fully saturated rings. The van der Waals surface area contributed by atoms with Crippen LogP contribution in [0.15, 0.2) is 30.6 Å². The minimum atomic E-state index is 0.420. The number of rotatable bonds is 5. The van der Waals surface area contributed by atoms with E-state index >= 15 is 0 Å². The van der Waals surface area contributed by atoms with E-state index in [0.29, 0.717) is 6.04 Å². The summed E-state index contributed by atoms with van der Waals surface area (Å²) >= 11 is 0. The number of aryl methyl sites for hydroxylation is 3. The number of imidazole rings is 1. The first-order chi connectivity index (χ1) is 9.10. The Hall–Kier alpha value is -1.61. The fourth-order valence-corrected chi connectivity index (χ4v) is 2.30. The Morgan fingerprint density at radius 3 is 2.58 bits per heavy atom. The van der Waals surface area contributed by atoms with Crippen LogP contribution in [0.5, 0.6) is 0 Å². The molecular weight excluding hydrogens is 234 g/mol. The van der Waals surface area contributed by atoms with Gasteiger partial charge in [-0.2, -0.15) is 0 Å². The highest BCUT2D eigenvalue weighted by Crippen LogP contribution is 2.13. The third kappa shape index (κ3) is 3.44. The minimum absolute atomic E-state index is 0.420. The van der Waals surface area contributed by atoms with E-state index < -0.39 is 0 Å². The quantitative estimate of drug-likeness (QED) is 0.891. The zero-order valence-corrected chi connectivity index (χ0v) is 12.3. The molecule has 0 saturated heterocycles. The molecule has 102 valence electrons. The van der Waals surface area contributed by atoms with Gasteiger partial charge in [0, 0.05) is 31.9 Å². The smallest absolute Gasteiger partial charge is 0.109 e. The van der Waals surface area contributed by atoms with Crippen molar-refractivity contribution in [2.45, 2.75) is 32.7 Å². The van der Waals surface area contributed by atoms with Crippen molar-refractivity contribution in [2.75, 3.05) is 7.05 Å². The molecule has 0 saturated carbocycles. The summed E-state index contributed by atoms with van der Waals surface area (Å²) < 4.78 is 2.09. The van der Waals surface area contributed by atoms with Crippen LogP contribution >= 0.6 is 0 Å². The Kier molecular flexibility index (Phi) is 4.38. The molecule has 0 aliphatic rings. The topological polar surface area (TPSA) is 29.9 Å². The SMILES string of the molecule is CNC(Cc1ccc(C)c(C)c1)Cc1nccn1C. The van der Waals surface area contributed by atoms with Gasteiger partial charge >= 0.3 is 0 Å². The Labute approximate surface area is 115 Å². The summed E-state index contributed by atoms with van der Waals surface area (Å²) in [4.78, 5) is 4.40. The van der Waals surface area contributed by atoms with Crippen molar-refractivity contribution in [3.8, 4) is 0 Å². The molecule has 1 N–H and O–H groups in total. The summed E-state index contributed by atoms with van der Waals surface area (Å²) in [5.74, 6) is 1.13. The molecule has 0 aliphatic carbocycles. The molecule has 1 aromatic heterocycles. The van der Waals surface area contributed by atoms with E-state index in [9.17, 15) is 0 Å². The maximum absolute atomic E-state index is 4.40. The second kappa shape index (κ2) is 6.02. The summed E-state index contributed by atoms with van der Waals surface area (Å²) in [5.41, 5.74) is 4.11. The predicted octanol–water partition coefficient (Wildman–Crippen LogP) is 2.41.